The van der Waals surface area contributed by atoms with Crippen molar-refractivity contribution in [1.29, 1.82) is 0 Å². The van der Waals surface area contributed by atoms with Gasteiger partial charge in [0.1, 0.15) is 11.5 Å². The van der Waals surface area contributed by atoms with Crippen LogP contribution < -0.4 is 38.7 Å². The topological polar surface area (TPSA) is 192 Å². The van der Waals surface area contributed by atoms with Crippen molar-refractivity contribution in [3.05, 3.63) is 131 Å². The number of hydrogen-bond acceptors (Lipinski definition) is 11. The number of piperidine rings is 1. The zero-order valence-corrected chi connectivity index (χ0v) is 39.8. The van der Waals surface area contributed by atoms with Crippen LogP contribution in [0.15, 0.2) is 97.3 Å². The number of likely N-dealkylation sites (tertiary alicyclic amines) is 1. The maximum absolute atomic E-state index is 13.4. The second kappa shape index (κ2) is 27.9. The van der Waals surface area contributed by atoms with Crippen LogP contribution in [-0.4, -0.2) is 111 Å². The van der Waals surface area contributed by atoms with E-state index in [-0.39, 0.29) is 98.2 Å². The largest absolute Gasteiger partial charge is 1.00 e. The number of pyridine rings is 2. The Hall–Kier alpha value is -5.45. The van der Waals surface area contributed by atoms with E-state index in [1.54, 1.807) is 36.3 Å². The Bertz CT molecular complexity index is 2140. The standard InChI is InChI=1S/C46H55ClN10O5.CH4.3ClH/c1-55(28-35-12-3-5-23-50-35)40(58)31-61-38-19-15-33(16-20-38)10-7-25-57(27-9-14-37(30-57)52-46(60)42-44(48)54-45(49)43(47)53-42)26-8-11-34-17-21-39(22-18-34)62-32-41(59)56(2)29-36-13-4-6-24-51-36;;;;/h3-6,12-13,15-24,37H,7-11,14,25-32H2,1-2H3,(H4-,48,49,52,54,60);1H4;3*1H/t37-;;;;/m0..../s1. The normalized spacial score (nSPS) is 13.5. The molecule has 0 saturated carbocycles. The lowest BCUT2D eigenvalue weighted by atomic mass is 9.99. The molecule has 1 atom stereocenters. The van der Waals surface area contributed by atoms with Gasteiger partial charge in [0.15, 0.2) is 35.7 Å². The van der Waals surface area contributed by atoms with Crippen LogP contribution in [0, 0.1) is 0 Å². The molecule has 3 amide bonds. The number of anilines is 2. The van der Waals surface area contributed by atoms with E-state index in [0.717, 1.165) is 80.6 Å². The van der Waals surface area contributed by atoms with Crippen molar-refractivity contribution in [3.63, 3.8) is 0 Å². The van der Waals surface area contributed by atoms with Crippen LogP contribution in [-0.2, 0) is 35.5 Å². The van der Waals surface area contributed by atoms with Crippen LogP contribution in [0.3, 0.4) is 0 Å². The summed E-state index contributed by atoms with van der Waals surface area (Å²) in [6, 6.07) is 27.0. The third kappa shape index (κ3) is 17.1. The van der Waals surface area contributed by atoms with E-state index in [9.17, 15) is 14.4 Å². The Balaban J connectivity index is 0.00000374. The average Bonchev–Trinajstić information content (AvgIpc) is 3.27. The van der Waals surface area contributed by atoms with Gasteiger partial charge in [-0.25, -0.2) is 9.97 Å². The summed E-state index contributed by atoms with van der Waals surface area (Å²) in [5.41, 5.74) is 15.7. The van der Waals surface area contributed by atoms with Crippen molar-refractivity contribution in [2.24, 2.45) is 0 Å². The molecule has 15 nitrogen and oxygen atoms in total. The molecule has 2 aromatic carbocycles. The molecule has 0 radical (unpaired) electrons. The van der Waals surface area contributed by atoms with Gasteiger partial charge in [-0.05, 0) is 85.3 Å². The Morgan fingerprint density at radius 3 is 1.68 bits per heavy atom. The lowest BCUT2D eigenvalue weighted by Crippen LogP contribution is -3.00. The minimum absolute atomic E-state index is 0. The number of amides is 3. The molecular formula is C47H62Cl4N10O5. The highest BCUT2D eigenvalue weighted by atomic mass is 35.5. The number of nitrogens with two attached hydrogens (primary N) is 2. The molecule has 6 rings (SSSR count). The minimum atomic E-state index is -0.422. The summed E-state index contributed by atoms with van der Waals surface area (Å²) >= 11 is 6.09. The van der Waals surface area contributed by atoms with E-state index in [1.165, 1.54) is 11.1 Å². The number of carbonyl (C=O) groups is 3. The molecule has 0 bridgehead atoms. The summed E-state index contributed by atoms with van der Waals surface area (Å²) in [4.78, 5) is 58.6. The average molecular weight is 989 g/mol. The van der Waals surface area contributed by atoms with Crippen molar-refractivity contribution in [1.82, 2.24) is 35.1 Å². The Morgan fingerprint density at radius 1 is 0.742 bits per heavy atom. The minimum Gasteiger partial charge on any atom is -1.00 e. The van der Waals surface area contributed by atoms with Gasteiger partial charge in [0.05, 0.1) is 56.7 Å². The molecule has 1 saturated heterocycles. The van der Waals surface area contributed by atoms with Gasteiger partial charge in [0.25, 0.3) is 17.7 Å². The lowest BCUT2D eigenvalue weighted by Gasteiger charge is -2.45. The SMILES string of the molecule is C.CN(Cc1ccccn1)C(=O)COc1ccc(CCC[N+]2(CCCc3ccc(OCC(=O)N(C)Cc4ccccn4)cc3)CCC[C@H](NC(=O)c3nc(Cl)c(N)nc3N)C2)cc1.Cl.Cl.[Cl-]. The van der Waals surface area contributed by atoms with Gasteiger partial charge < -0.3 is 52.9 Å². The molecule has 5 aromatic rings. The van der Waals surface area contributed by atoms with Crippen LogP contribution in [0.25, 0.3) is 0 Å². The van der Waals surface area contributed by atoms with Crippen molar-refractivity contribution < 1.29 is 40.7 Å². The lowest BCUT2D eigenvalue weighted by molar-refractivity contribution is -0.933. The fraction of sp³-hybridized carbons (Fsp3) is 0.383. The first-order valence-electron chi connectivity index (χ1n) is 20.9. The first kappa shape index (κ1) is 56.7. The number of nitrogen functional groups attached to an aromatic ring is 2. The number of aromatic nitrogens is 4. The molecular weight excluding hydrogens is 926 g/mol. The third-order valence-corrected chi connectivity index (χ3v) is 11.4. The van der Waals surface area contributed by atoms with Crippen LogP contribution in [0.1, 0.15) is 66.1 Å². The third-order valence-electron chi connectivity index (χ3n) is 11.1. The summed E-state index contributed by atoms with van der Waals surface area (Å²) in [5, 5.41) is 3.10. The molecule has 1 aliphatic rings. The highest BCUT2D eigenvalue weighted by Gasteiger charge is 2.36. The molecule has 4 heterocycles. The number of hydrogen-bond donors (Lipinski definition) is 3. The van der Waals surface area contributed by atoms with Crippen LogP contribution >= 0.6 is 36.4 Å². The molecule has 0 unspecified atom stereocenters. The number of halogens is 4. The number of quaternary nitrogens is 1. The molecule has 19 heteroatoms. The van der Waals surface area contributed by atoms with Crippen LogP contribution in [0.5, 0.6) is 11.5 Å². The zero-order chi connectivity index (χ0) is 43.9. The smallest absolute Gasteiger partial charge is 0.274 e. The molecule has 0 spiro atoms. The predicted octanol–water partition coefficient (Wildman–Crippen LogP) is 3.62. The maximum atomic E-state index is 13.4. The first-order chi connectivity index (χ1) is 29.9. The van der Waals surface area contributed by atoms with E-state index in [1.807, 2.05) is 84.9 Å². The van der Waals surface area contributed by atoms with Crippen molar-refractivity contribution in [3.8, 4) is 11.5 Å². The van der Waals surface area contributed by atoms with Gasteiger partial charge in [-0.3, -0.25) is 24.4 Å². The van der Waals surface area contributed by atoms with Gasteiger partial charge in [0, 0.05) is 39.3 Å². The van der Waals surface area contributed by atoms with Crippen molar-refractivity contribution in [2.45, 2.75) is 65.1 Å². The second-order valence-electron chi connectivity index (χ2n) is 15.9. The number of nitrogens with one attached hydrogen (secondary N) is 1. The van der Waals surface area contributed by atoms with Gasteiger partial charge in [0.2, 0.25) is 0 Å². The number of aryl methyl sites for hydroxylation is 2. The zero-order valence-electron chi connectivity index (χ0n) is 36.6. The van der Waals surface area contributed by atoms with E-state index in [0.29, 0.717) is 24.6 Å². The van der Waals surface area contributed by atoms with Crippen LogP contribution in [0.2, 0.25) is 5.15 Å². The van der Waals surface area contributed by atoms with E-state index >= 15 is 0 Å². The van der Waals surface area contributed by atoms with Gasteiger partial charge in [-0.15, -0.1) is 24.8 Å². The summed E-state index contributed by atoms with van der Waals surface area (Å²) < 4.78 is 12.5. The van der Waals surface area contributed by atoms with Crippen LogP contribution in [0.4, 0.5) is 11.6 Å². The Morgan fingerprint density at radius 2 is 1.23 bits per heavy atom. The Kier molecular flexibility index (Phi) is 24.0. The Labute approximate surface area is 411 Å². The summed E-state index contributed by atoms with van der Waals surface area (Å²) in [6.45, 7) is 4.30. The molecule has 66 heavy (non-hydrogen) atoms. The summed E-state index contributed by atoms with van der Waals surface area (Å²) in [6.07, 6.45) is 8.79. The summed E-state index contributed by atoms with van der Waals surface area (Å²) in [7, 11) is 3.48. The fourth-order valence-corrected chi connectivity index (χ4v) is 7.85. The monoisotopic (exact) mass is 986 g/mol. The van der Waals surface area contributed by atoms with E-state index < -0.39 is 5.91 Å². The number of benzene rings is 2. The molecule has 5 N–H and O–H groups in total. The number of nitrogens with zero attached hydrogens (tertiary/aromatic N) is 7. The molecule has 1 fully saturated rings. The molecule has 358 valence electrons. The second-order valence-corrected chi connectivity index (χ2v) is 16.2. The van der Waals surface area contributed by atoms with Gasteiger partial charge in [-0.1, -0.05) is 55.4 Å². The van der Waals surface area contributed by atoms with E-state index in [2.05, 4.69) is 25.3 Å². The number of carbonyl (C=O) groups excluding carboxylic acids is 3. The molecule has 3 aromatic heterocycles. The van der Waals surface area contributed by atoms with Crippen molar-refractivity contribution in [2.75, 3.05) is 65.0 Å². The summed E-state index contributed by atoms with van der Waals surface area (Å²) in [5.74, 6) is 0.503. The molecule has 0 aliphatic carbocycles. The highest BCUT2D eigenvalue weighted by Crippen LogP contribution is 2.25. The van der Waals surface area contributed by atoms with Crippen molar-refractivity contribution >= 4 is 65.8 Å². The number of rotatable bonds is 20. The number of ether oxygens (including phenoxy) is 2. The number of likely N-dealkylation sites (N-methyl/N-ethyl adjacent to an activating group) is 2. The highest BCUT2D eigenvalue weighted by molar-refractivity contribution is 6.31. The fourth-order valence-electron chi connectivity index (χ4n) is 7.72. The van der Waals surface area contributed by atoms with Gasteiger partial charge in [-0.2, -0.15) is 0 Å². The van der Waals surface area contributed by atoms with Gasteiger partial charge >= 0.3 is 0 Å². The maximum Gasteiger partial charge on any atom is 0.274 e. The quantitative estimate of drug-likeness (QED) is 0.0967. The van der Waals surface area contributed by atoms with E-state index in [4.69, 9.17) is 32.5 Å². The first-order valence-corrected chi connectivity index (χ1v) is 21.3. The molecule has 1 aliphatic heterocycles. The predicted molar refractivity (Wildman–Crippen MR) is 259 cm³/mol.